The van der Waals surface area contributed by atoms with Crippen molar-refractivity contribution in [3.05, 3.63) is 35.4 Å². The lowest BCUT2D eigenvalue weighted by molar-refractivity contribution is 0.0956. The summed E-state index contributed by atoms with van der Waals surface area (Å²) in [6.45, 7) is 2.93. The van der Waals surface area contributed by atoms with E-state index in [0.717, 1.165) is 5.56 Å². The van der Waals surface area contributed by atoms with Crippen molar-refractivity contribution < 1.29 is 4.79 Å². The van der Waals surface area contributed by atoms with Crippen LogP contribution >= 0.6 is 24.0 Å². The molecule has 1 amide bonds. The molecule has 1 aromatic rings. The highest BCUT2D eigenvalue weighted by Gasteiger charge is 2.02. The lowest BCUT2D eigenvalue weighted by Crippen LogP contribution is -2.23. The predicted molar refractivity (Wildman–Crippen MR) is 79.4 cm³/mol. The molecule has 6 heteroatoms. The molecule has 5 nitrogen and oxygen atoms in total. The quantitative estimate of drug-likeness (QED) is 0.427. The first-order valence-corrected chi connectivity index (χ1v) is 5.06. The maximum Gasteiger partial charge on any atom is 0.251 e. The van der Waals surface area contributed by atoms with Gasteiger partial charge in [-0.1, -0.05) is 12.1 Å². The zero-order valence-electron chi connectivity index (χ0n) is 9.64. The Hall–Kier alpha value is -1.31. The van der Waals surface area contributed by atoms with E-state index in [4.69, 9.17) is 11.5 Å². The number of nitrogens with one attached hydrogen (secondary N) is 1. The highest BCUT2D eigenvalue weighted by atomic mass is 127. The number of nitrogens with two attached hydrogens (primary N) is 2. The number of aliphatic imine (C=N–C) groups is 1. The lowest BCUT2D eigenvalue weighted by atomic mass is 10.1. The monoisotopic (exact) mass is 348 g/mol. The summed E-state index contributed by atoms with van der Waals surface area (Å²) in [4.78, 5) is 15.3. The number of benzene rings is 1. The van der Waals surface area contributed by atoms with Crippen molar-refractivity contribution >= 4 is 35.8 Å². The van der Waals surface area contributed by atoms with E-state index in [-0.39, 0.29) is 35.8 Å². The number of halogens is 1. The molecule has 94 valence electrons. The van der Waals surface area contributed by atoms with E-state index in [2.05, 4.69) is 10.3 Å². The molecule has 1 aromatic carbocycles. The van der Waals surface area contributed by atoms with E-state index in [9.17, 15) is 4.79 Å². The third-order valence-corrected chi connectivity index (χ3v) is 2.00. The first-order chi connectivity index (χ1) is 7.63. The van der Waals surface area contributed by atoms with E-state index >= 15 is 0 Å². The number of hydrogen-bond donors (Lipinski definition) is 3. The predicted octanol–water partition coefficient (Wildman–Crippen LogP) is 0.828. The second-order valence-corrected chi connectivity index (χ2v) is 3.30. The van der Waals surface area contributed by atoms with Gasteiger partial charge in [0.1, 0.15) is 0 Å². The van der Waals surface area contributed by atoms with Gasteiger partial charge in [-0.25, -0.2) is 4.99 Å². The second-order valence-electron chi connectivity index (χ2n) is 3.30. The van der Waals surface area contributed by atoms with Crippen LogP contribution in [-0.2, 0) is 6.54 Å². The van der Waals surface area contributed by atoms with E-state index in [1.807, 2.05) is 19.1 Å². The molecule has 0 aliphatic carbocycles. The highest BCUT2D eigenvalue weighted by molar-refractivity contribution is 14.0. The van der Waals surface area contributed by atoms with Gasteiger partial charge in [-0.3, -0.25) is 4.79 Å². The Morgan fingerprint density at radius 1 is 1.29 bits per heavy atom. The molecule has 0 saturated heterocycles. The van der Waals surface area contributed by atoms with Gasteiger partial charge in [-0.05, 0) is 24.6 Å². The molecule has 0 saturated carbocycles. The molecule has 0 radical (unpaired) electrons. The zero-order valence-corrected chi connectivity index (χ0v) is 12.0. The Bertz CT molecular complexity index is 385. The number of amides is 1. The maximum atomic E-state index is 11.4. The van der Waals surface area contributed by atoms with Crippen molar-refractivity contribution in [2.45, 2.75) is 13.5 Å². The van der Waals surface area contributed by atoms with E-state index in [1.165, 1.54) is 0 Å². The average molecular weight is 348 g/mol. The molecule has 0 unspecified atom stereocenters. The molecule has 0 aliphatic heterocycles. The number of carbonyl (C=O) groups excluding carboxylic acids is 1. The summed E-state index contributed by atoms with van der Waals surface area (Å²) >= 11 is 0. The van der Waals surface area contributed by atoms with E-state index < -0.39 is 0 Å². The topological polar surface area (TPSA) is 93.5 Å². The van der Waals surface area contributed by atoms with Crippen molar-refractivity contribution in [3.8, 4) is 0 Å². The summed E-state index contributed by atoms with van der Waals surface area (Å²) in [7, 11) is 0. The smallest absolute Gasteiger partial charge is 0.251 e. The minimum atomic E-state index is -0.0732. The summed E-state index contributed by atoms with van der Waals surface area (Å²) in [6.07, 6.45) is 0. The van der Waals surface area contributed by atoms with Crippen LogP contribution in [0.25, 0.3) is 0 Å². The molecule has 0 aromatic heterocycles. The molecule has 0 heterocycles. The number of nitrogens with zero attached hydrogens (tertiary/aromatic N) is 1. The normalized spacial score (nSPS) is 9.00. The molecule has 0 fully saturated rings. The molecular formula is C11H17IN4O. The fourth-order valence-corrected chi connectivity index (χ4v) is 1.21. The van der Waals surface area contributed by atoms with Crippen molar-refractivity contribution in [2.24, 2.45) is 16.5 Å². The van der Waals surface area contributed by atoms with Crippen molar-refractivity contribution in [3.63, 3.8) is 0 Å². The Balaban J connectivity index is 0.00000256. The molecule has 1 rings (SSSR count). The van der Waals surface area contributed by atoms with Gasteiger partial charge in [0, 0.05) is 12.1 Å². The number of hydrogen-bond acceptors (Lipinski definition) is 2. The number of rotatable bonds is 4. The van der Waals surface area contributed by atoms with Crippen LogP contribution in [0.5, 0.6) is 0 Å². The number of guanidine groups is 1. The molecule has 17 heavy (non-hydrogen) atoms. The van der Waals surface area contributed by atoms with Crippen LogP contribution in [0, 0.1) is 0 Å². The Labute approximate surface area is 118 Å². The Morgan fingerprint density at radius 2 is 1.88 bits per heavy atom. The zero-order chi connectivity index (χ0) is 12.0. The lowest BCUT2D eigenvalue weighted by Gasteiger charge is -2.03. The minimum Gasteiger partial charge on any atom is -0.370 e. The van der Waals surface area contributed by atoms with Crippen LogP contribution in [0.2, 0.25) is 0 Å². The fourth-order valence-electron chi connectivity index (χ4n) is 1.21. The van der Waals surface area contributed by atoms with Gasteiger partial charge in [-0.2, -0.15) is 0 Å². The summed E-state index contributed by atoms with van der Waals surface area (Å²) in [6, 6.07) is 7.17. The molecule has 0 atom stereocenters. The third kappa shape index (κ3) is 5.53. The standard InChI is InChI=1S/C11H16N4O.HI/c1-2-14-10(16)9-5-3-8(4-6-9)7-15-11(12)13;/h3-6H,2,7H2,1H3,(H,14,16)(H4,12,13,15);1H. The summed E-state index contributed by atoms with van der Waals surface area (Å²) in [5, 5.41) is 2.73. The first-order valence-electron chi connectivity index (χ1n) is 5.06. The molecular weight excluding hydrogens is 331 g/mol. The summed E-state index contributed by atoms with van der Waals surface area (Å²) in [5.74, 6) is -0.0105. The maximum absolute atomic E-state index is 11.4. The molecule has 5 N–H and O–H groups in total. The van der Waals surface area contributed by atoms with Gasteiger partial charge in [0.15, 0.2) is 5.96 Å². The van der Waals surface area contributed by atoms with Crippen molar-refractivity contribution in [2.75, 3.05) is 6.54 Å². The number of carbonyl (C=O) groups is 1. The largest absolute Gasteiger partial charge is 0.370 e. The first kappa shape index (κ1) is 15.7. The van der Waals surface area contributed by atoms with Crippen molar-refractivity contribution in [1.29, 1.82) is 0 Å². The van der Waals surface area contributed by atoms with E-state index in [0.29, 0.717) is 18.7 Å². The Kier molecular flexibility index (Phi) is 7.27. The average Bonchev–Trinajstić information content (AvgIpc) is 2.27. The van der Waals surface area contributed by atoms with Gasteiger partial charge in [0.05, 0.1) is 6.54 Å². The molecule has 0 bridgehead atoms. The van der Waals surface area contributed by atoms with E-state index in [1.54, 1.807) is 12.1 Å². The Morgan fingerprint density at radius 3 is 2.35 bits per heavy atom. The fraction of sp³-hybridized carbons (Fsp3) is 0.273. The van der Waals surface area contributed by atoms with Crippen LogP contribution in [0.15, 0.2) is 29.3 Å². The summed E-state index contributed by atoms with van der Waals surface area (Å²) < 4.78 is 0. The second kappa shape index (κ2) is 7.88. The molecule has 0 spiro atoms. The minimum absolute atomic E-state index is 0. The van der Waals surface area contributed by atoms with Crippen LogP contribution in [0.1, 0.15) is 22.8 Å². The van der Waals surface area contributed by atoms with Crippen LogP contribution < -0.4 is 16.8 Å². The van der Waals surface area contributed by atoms with Gasteiger partial charge < -0.3 is 16.8 Å². The van der Waals surface area contributed by atoms with Gasteiger partial charge >= 0.3 is 0 Å². The highest BCUT2D eigenvalue weighted by Crippen LogP contribution is 2.05. The van der Waals surface area contributed by atoms with Gasteiger partial charge in [0.2, 0.25) is 0 Å². The SMILES string of the molecule is CCNC(=O)c1ccc(CN=C(N)N)cc1.I. The van der Waals surface area contributed by atoms with Crippen LogP contribution in [0.3, 0.4) is 0 Å². The third-order valence-electron chi connectivity index (χ3n) is 2.00. The van der Waals surface area contributed by atoms with Gasteiger partial charge in [-0.15, -0.1) is 24.0 Å². The van der Waals surface area contributed by atoms with Crippen LogP contribution in [-0.4, -0.2) is 18.4 Å². The summed E-state index contributed by atoms with van der Waals surface area (Å²) in [5.41, 5.74) is 12.0. The van der Waals surface area contributed by atoms with Crippen LogP contribution in [0.4, 0.5) is 0 Å². The van der Waals surface area contributed by atoms with Gasteiger partial charge in [0.25, 0.3) is 5.91 Å². The molecule has 0 aliphatic rings. The van der Waals surface area contributed by atoms with Crippen molar-refractivity contribution in [1.82, 2.24) is 5.32 Å².